The Hall–Kier alpha value is -3.97. The fraction of sp³-hybridized carbons (Fsp3) is 0.111. The molecule has 34 heavy (non-hydrogen) atoms. The van der Waals surface area contributed by atoms with Gasteiger partial charge >= 0.3 is 5.97 Å². The molecule has 0 spiro atoms. The number of anilines is 1. The van der Waals surface area contributed by atoms with Gasteiger partial charge in [-0.25, -0.2) is 13.2 Å². The smallest absolute Gasteiger partial charge is 0.339 e. The van der Waals surface area contributed by atoms with Gasteiger partial charge in [0.05, 0.1) is 21.8 Å². The molecular formula is C27H24N2O4S. The third-order valence-corrected chi connectivity index (χ3v) is 7.21. The Morgan fingerprint density at radius 1 is 0.853 bits per heavy atom. The number of ether oxygens (including phenoxy) is 1. The van der Waals surface area contributed by atoms with Crippen LogP contribution in [0.1, 0.15) is 34.6 Å². The maximum atomic E-state index is 13.2. The number of hydrogen-bond acceptors (Lipinski definition) is 5. The van der Waals surface area contributed by atoms with Crippen LogP contribution in [0.3, 0.4) is 0 Å². The summed E-state index contributed by atoms with van der Waals surface area (Å²) in [7, 11) is -3.78. The third kappa shape index (κ3) is 5.00. The van der Waals surface area contributed by atoms with Crippen molar-refractivity contribution in [2.75, 3.05) is 10.8 Å². The average Bonchev–Trinajstić information content (AvgIpc) is 2.89. The number of rotatable bonds is 8. The number of nitrogens with zero attached hydrogens (tertiary/aromatic N) is 2. The molecule has 0 saturated carbocycles. The van der Waals surface area contributed by atoms with E-state index < -0.39 is 22.1 Å². The van der Waals surface area contributed by atoms with Crippen LogP contribution in [0.15, 0.2) is 114 Å². The Kier molecular flexibility index (Phi) is 7.04. The van der Waals surface area contributed by atoms with E-state index in [1.54, 1.807) is 49.5 Å². The topological polar surface area (TPSA) is 76.6 Å². The molecule has 0 aliphatic heterocycles. The summed E-state index contributed by atoms with van der Waals surface area (Å²) in [6.45, 7) is 2.05. The van der Waals surface area contributed by atoms with Gasteiger partial charge in [0, 0.05) is 12.7 Å². The van der Waals surface area contributed by atoms with E-state index >= 15 is 0 Å². The molecule has 0 saturated heterocycles. The van der Waals surface area contributed by atoms with Crippen LogP contribution >= 0.6 is 0 Å². The van der Waals surface area contributed by atoms with Crippen molar-refractivity contribution >= 4 is 21.7 Å². The number of pyridine rings is 1. The number of sulfonamides is 1. The minimum absolute atomic E-state index is 0.0964. The first kappa shape index (κ1) is 23.2. The molecule has 1 heterocycles. The van der Waals surface area contributed by atoms with Crippen LogP contribution in [0, 0.1) is 0 Å². The average molecular weight is 473 g/mol. The molecule has 4 rings (SSSR count). The van der Waals surface area contributed by atoms with Crippen LogP contribution in [0.25, 0.3) is 0 Å². The van der Waals surface area contributed by atoms with E-state index in [2.05, 4.69) is 4.98 Å². The van der Waals surface area contributed by atoms with Crippen molar-refractivity contribution in [3.63, 3.8) is 0 Å². The fourth-order valence-electron chi connectivity index (χ4n) is 3.61. The summed E-state index contributed by atoms with van der Waals surface area (Å²) >= 11 is 0. The van der Waals surface area contributed by atoms with Crippen molar-refractivity contribution in [2.45, 2.75) is 17.9 Å². The number of hydrogen-bond donors (Lipinski definition) is 0. The van der Waals surface area contributed by atoms with Gasteiger partial charge in [0.1, 0.15) is 0 Å². The summed E-state index contributed by atoms with van der Waals surface area (Å²) in [6, 6.07) is 29.5. The van der Waals surface area contributed by atoms with Gasteiger partial charge in [-0.15, -0.1) is 0 Å². The molecule has 0 amide bonds. The van der Waals surface area contributed by atoms with Crippen LogP contribution in [0.5, 0.6) is 0 Å². The molecule has 0 bridgehead atoms. The molecule has 0 aliphatic carbocycles. The molecule has 3 aromatic carbocycles. The molecule has 172 valence electrons. The minimum atomic E-state index is -3.78. The SMILES string of the molecule is CCN(c1ccccc1)S(=O)(=O)c1ccc(C(=O)O[C@@H](c2ccccc2)c2ccccn2)cc1. The second kappa shape index (κ2) is 10.3. The zero-order chi connectivity index (χ0) is 24.0. The number of aromatic nitrogens is 1. The Morgan fingerprint density at radius 2 is 1.47 bits per heavy atom. The van der Waals surface area contributed by atoms with Gasteiger partial charge in [-0.3, -0.25) is 9.29 Å². The van der Waals surface area contributed by atoms with Crippen molar-refractivity contribution in [1.29, 1.82) is 0 Å². The fourth-order valence-corrected chi connectivity index (χ4v) is 5.08. The van der Waals surface area contributed by atoms with E-state index in [9.17, 15) is 13.2 Å². The van der Waals surface area contributed by atoms with Crippen LogP contribution in [0.2, 0.25) is 0 Å². The van der Waals surface area contributed by atoms with Crippen molar-refractivity contribution in [1.82, 2.24) is 4.98 Å². The molecule has 0 radical (unpaired) electrons. The highest BCUT2D eigenvalue weighted by Crippen LogP contribution is 2.27. The Balaban J connectivity index is 1.58. The first-order valence-corrected chi connectivity index (χ1v) is 12.3. The van der Waals surface area contributed by atoms with E-state index in [-0.39, 0.29) is 17.0 Å². The largest absolute Gasteiger partial charge is 0.447 e. The molecule has 0 fully saturated rings. The van der Waals surface area contributed by atoms with Gasteiger partial charge in [0.25, 0.3) is 10.0 Å². The number of carbonyl (C=O) groups is 1. The zero-order valence-electron chi connectivity index (χ0n) is 18.6. The predicted molar refractivity (Wildman–Crippen MR) is 131 cm³/mol. The molecular weight excluding hydrogens is 448 g/mol. The van der Waals surface area contributed by atoms with Crippen LogP contribution in [0.4, 0.5) is 5.69 Å². The van der Waals surface area contributed by atoms with E-state index in [4.69, 9.17) is 4.74 Å². The highest BCUT2D eigenvalue weighted by Gasteiger charge is 2.25. The zero-order valence-corrected chi connectivity index (χ0v) is 19.4. The van der Waals surface area contributed by atoms with Gasteiger partial charge in [-0.2, -0.15) is 0 Å². The summed E-state index contributed by atoms with van der Waals surface area (Å²) in [4.78, 5) is 17.4. The maximum absolute atomic E-state index is 13.2. The summed E-state index contributed by atoms with van der Waals surface area (Å²) < 4.78 is 33.5. The number of para-hydroxylation sites is 1. The van der Waals surface area contributed by atoms with Crippen molar-refractivity contribution in [3.05, 3.63) is 126 Å². The van der Waals surface area contributed by atoms with E-state index in [1.165, 1.54) is 28.6 Å². The third-order valence-electron chi connectivity index (χ3n) is 5.29. The summed E-state index contributed by atoms with van der Waals surface area (Å²) in [5.74, 6) is -0.570. The molecule has 0 unspecified atom stereocenters. The lowest BCUT2D eigenvalue weighted by atomic mass is 10.1. The molecule has 0 aliphatic rings. The number of benzene rings is 3. The van der Waals surface area contributed by atoms with Crippen LogP contribution in [-0.4, -0.2) is 25.9 Å². The highest BCUT2D eigenvalue weighted by molar-refractivity contribution is 7.92. The van der Waals surface area contributed by atoms with E-state index in [0.717, 1.165) is 5.56 Å². The molecule has 1 aromatic heterocycles. The lowest BCUT2D eigenvalue weighted by Gasteiger charge is -2.23. The Morgan fingerprint density at radius 3 is 2.06 bits per heavy atom. The van der Waals surface area contributed by atoms with Crippen LogP contribution < -0.4 is 4.31 Å². The van der Waals surface area contributed by atoms with Crippen molar-refractivity contribution in [3.8, 4) is 0 Å². The maximum Gasteiger partial charge on any atom is 0.339 e. The number of esters is 1. The Labute approximate surface area is 199 Å². The lowest BCUT2D eigenvalue weighted by molar-refractivity contribution is 0.0370. The molecule has 0 N–H and O–H groups in total. The van der Waals surface area contributed by atoms with Gasteiger partial charge in [0.15, 0.2) is 6.10 Å². The van der Waals surface area contributed by atoms with Crippen LogP contribution in [-0.2, 0) is 14.8 Å². The summed E-state index contributed by atoms with van der Waals surface area (Å²) in [5, 5.41) is 0. The first-order chi connectivity index (χ1) is 16.5. The predicted octanol–water partition coefficient (Wildman–Crippen LogP) is 5.24. The van der Waals surface area contributed by atoms with Gasteiger partial charge in [-0.05, 0) is 61.0 Å². The molecule has 6 nitrogen and oxygen atoms in total. The molecule has 1 atom stereocenters. The second-order valence-electron chi connectivity index (χ2n) is 7.48. The monoisotopic (exact) mass is 472 g/mol. The molecule has 4 aromatic rings. The van der Waals surface area contributed by atoms with Gasteiger partial charge in [-0.1, -0.05) is 54.6 Å². The van der Waals surface area contributed by atoms with Crippen molar-refractivity contribution in [2.24, 2.45) is 0 Å². The van der Waals surface area contributed by atoms with Gasteiger partial charge < -0.3 is 4.74 Å². The quantitative estimate of drug-likeness (QED) is 0.328. The van der Waals surface area contributed by atoms with E-state index in [1.807, 2.05) is 42.5 Å². The summed E-state index contributed by atoms with van der Waals surface area (Å²) in [6.07, 6.45) is 0.956. The Bertz CT molecular complexity index is 1290. The normalized spacial score (nSPS) is 12.0. The highest BCUT2D eigenvalue weighted by atomic mass is 32.2. The second-order valence-corrected chi connectivity index (χ2v) is 9.34. The molecule has 7 heteroatoms. The first-order valence-electron chi connectivity index (χ1n) is 10.9. The minimum Gasteiger partial charge on any atom is -0.447 e. The standard InChI is InChI=1S/C27H24N2O4S/c1-2-29(23-13-7-4-8-14-23)34(31,32)24-18-16-22(17-19-24)27(30)33-26(21-11-5-3-6-12-21)25-15-9-10-20-28-25/h3-20,26H,2H2,1H3/t26-/m0/s1. The van der Waals surface area contributed by atoms with Gasteiger partial charge in [0.2, 0.25) is 0 Å². The van der Waals surface area contributed by atoms with Crippen molar-refractivity contribution < 1.29 is 17.9 Å². The number of carbonyl (C=O) groups excluding carboxylic acids is 1. The van der Waals surface area contributed by atoms with E-state index in [0.29, 0.717) is 11.4 Å². The summed E-state index contributed by atoms with van der Waals surface area (Å²) in [5.41, 5.74) is 2.21. The lowest BCUT2D eigenvalue weighted by Crippen LogP contribution is -2.30.